The molecule has 0 aliphatic heterocycles. The highest BCUT2D eigenvalue weighted by Gasteiger charge is 2.49. The molecule has 5 rings (SSSR count). The molecule has 0 spiro atoms. The molecule has 0 radical (unpaired) electrons. The lowest BCUT2D eigenvalue weighted by atomic mass is 9.99. The van der Waals surface area contributed by atoms with Crippen molar-refractivity contribution in [2.75, 3.05) is 0 Å². The van der Waals surface area contributed by atoms with Gasteiger partial charge in [-0.25, -0.2) is 17.4 Å². The lowest BCUT2D eigenvalue weighted by molar-refractivity contribution is -0.125. The van der Waals surface area contributed by atoms with Gasteiger partial charge in [-0.3, -0.25) is 4.79 Å². The Bertz CT molecular complexity index is 1450. The van der Waals surface area contributed by atoms with E-state index >= 15 is 0 Å². The quantitative estimate of drug-likeness (QED) is 0.397. The number of nitrogens with zero attached hydrogens (tertiary/aromatic N) is 2. The third-order valence-electron chi connectivity index (χ3n) is 6.84. The Morgan fingerprint density at radius 2 is 2.06 bits per heavy atom. The van der Waals surface area contributed by atoms with Crippen molar-refractivity contribution in [3.63, 3.8) is 0 Å². The Morgan fingerprint density at radius 3 is 2.77 bits per heavy atom. The Balaban J connectivity index is 1.55. The van der Waals surface area contributed by atoms with E-state index in [0.717, 1.165) is 23.9 Å². The van der Waals surface area contributed by atoms with Gasteiger partial charge in [0.15, 0.2) is 4.75 Å². The van der Waals surface area contributed by atoms with Gasteiger partial charge in [-0.1, -0.05) is 31.2 Å². The number of benzene rings is 1. The average Bonchev–Trinajstić information content (AvgIpc) is 3.22. The molecule has 1 atom stereocenters. The highest BCUT2D eigenvalue weighted by atomic mass is 79.9. The number of aromatic nitrogens is 2. The van der Waals surface area contributed by atoms with Gasteiger partial charge in [-0.2, -0.15) is 0 Å². The molecule has 2 aliphatic rings. The molecule has 184 valence electrons. The summed E-state index contributed by atoms with van der Waals surface area (Å²) in [4.78, 5) is 16.9. The van der Waals surface area contributed by atoms with Crippen molar-refractivity contribution < 1.29 is 17.9 Å². The topological polar surface area (TPSA) is 90.3 Å². The predicted octanol–water partition coefficient (Wildman–Crippen LogP) is 5.23. The Labute approximate surface area is 217 Å². The van der Waals surface area contributed by atoms with Crippen LogP contribution in [0.1, 0.15) is 44.5 Å². The summed E-state index contributed by atoms with van der Waals surface area (Å²) < 4.78 is 35.6. The Hall–Kier alpha value is -2.43. The Kier molecular flexibility index (Phi) is 6.17. The third-order valence-corrected chi connectivity index (χ3v) is 10.5. The summed E-state index contributed by atoms with van der Waals surface area (Å²) in [6.45, 7) is 3.90. The molecule has 1 N–H and O–H groups in total. The van der Waals surface area contributed by atoms with E-state index in [1.54, 1.807) is 18.5 Å². The van der Waals surface area contributed by atoms with Crippen molar-refractivity contribution in [3.8, 4) is 0 Å². The molecule has 35 heavy (non-hydrogen) atoms. The van der Waals surface area contributed by atoms with Gasteiger partial charge in [0, 0.05) is 16.2 Å². The first kappa shape index (κ1) is 24.3. The number of fused-ring (bicyclic) bond motifs is 1. The molecule has 3 aromatic rings. The van der Waals surface area contributed by atoms with Crippen LogP contribution in [-0.4, -0.2) is 28.0 Å². The van der Waals surface area contributed by atoms with Crippen molar-refractivity contribution in [2.24, 2.45) is 5.41 Å². The second kappa shape index (κ2) is 8.90. The lowest BCUT2D eigenvalue weighted by Crippen LogP contribution is -2.44. The molecule has 1 fully saturated rings. The number of carbonyl (C=O) groups is 1. The van der Waals surface area contributed by atoms with E-state index in [4.69, 9.17) is 4.74 Å². The minimum atomic E-state index is -4.03. The number of allylic oxidation sites excluding steroid dienone is 3. The average molecular weight is 577 g/mol. The van der Waals surface area contributed by atoms with Crippen molar-refractivity contribution in [1.29, 1.82) is 0 Å². The van der Waals surface area contributed by atoms with E-state index in [0.29, 0.717) is 21.5 Å². The number of hydrogen-bond donors (Lipinski definition) is 1. The second-order valence-electron chi connectivity index (χ2n) is 9.49. The molecule has 10 heteroatoms. The number of ether oxygens (including phenoxy) is 1. The van der Waals surface area contributed by atoms with Crippen molar-refractivity contribution in [2.45, 2.75) is 51.0 Å². The number of nitrogens with one attached hydrogen (secondary N) is 1. The molecule has 1 saturated carbocycles. The van der Waals surface area contributed by atoms with E-state index < -0.39 is 14.8 Å². The largest absolute Gasteiger partial charge is 0.489 e. The monoisotopic (exact) mass is 575 g/mol. The van der Waals surface area contributed by atoms with Gasteiger partial charge < -0.3 is 10.1 Å². The first-order chi connectivity index (χ1) is 16.7. The van der Waals surface area contributed by atoms with E-state index in [-0.39, 0.29) is 30.9 Å². The lowest BCUT2D eigenvalue weighted by Gasteiger charge is -2.34. The Morgan fingerprint density at radius 1 is 1.29 bits per heavy atom. The molecule has 7 nitrogen and oxygen atoms in total. The van der Waals surface area contributed by atoms with Gasteiger partial charge >= 0.3 is 0 Å². The SMILES string of the molecule is CC1(C(=O)NCc2cc3ccccc3n2S(=O)(=O)C2(C)CC=CC(Br)=C2OCc2cscn2)CC1. The molecule has 2 aliphatic carbocycles. The van der Waals surface area contributed by atoms with Crippen LogP contribution in [-0.2, 0) is 32.7 Å². The van der Waals surface area contributed by atoms with Crippen LogP contribution in [0.25, 0.3) is 10.9 Å². The summed E-state index contributed by atoms with van der Waals surface area (Å²) in [6.07, 6.45) is 5.59. The van der Waals surface area contributed by atoms with Gasteiger partial charge in [0.25, 0.3) is 10.0 Å². The number of carbonyl (C=O) groups excluding carboxylic acids is 1. The fourth-order valence-corrected chi connectivity index (χ4v) is 7.68. The van der Waals surface area contributed by atoms with E-state index in [1.807, 2.05) is 48.7 Å². The van der Waals surface area contributed by atoms with Crippen LogP contribution in [0.4, 0.5) is 0 Å². The standard InChI is InChI=1S/C25H26BrN3O4S2/c1-24(10-11-24)23(30)27-13-19-12-17-6-3-4-8-21(17)29(19)35(31,32)25(2)9-5-7-20(26)22(25)33-14-18-15-34-16-28-18/h3-8,12,15-16H,9-11,13-14H2,1-2H3,(H,27,30). The molecule has 2 aromatic heterocycles. The molecule has 0 saturated heterocycles. The van der Waals surface area contributed by atoms with Gasteiger partial charge in [0.05, 0.1) is 33.4 Å². The van der Waals surface area contributed by atoms with Crippen molar-refractivity contribution in [3.05, 3.63) is 75.0 Å². The van der Waals surface area contributed by atoms with Crippen LogP contribution in [0.3, 0.4) is 0 Å². The second-order valence-corrected chi connectivity index (χ2v) is 13.3. The van der Waals surface area contributed by atoms with Gasteiger partial charge in [0.2, 0.25) is 5.91 Å². The number of para-hydroxylation sites is 1. The number of hydrogen-bond acceptors (Lipinski definition) is 6. The minimum absolute atomic E-state index is 0.0477. The third kappa shape index (κ3) is 4.25. The maximum atomic E-state index is 14.4. The highest BCUT2D eigenvalue weighted by molar-refractivity contribution is 9.11. The van der Waals surface area contributed by atoms with Crippen LogP contribution in [0.5, 0.6) is 0 Å². The zero-order valence-electron chi connectivity index (χ0n) is 19.5. The summed E-state index contributed by atoms with van der Waals surface area (Å²) >= 11 is 4.97. The maximum Gasteiger partial charge on any atom is 0.252 e. The fourth-order valence-electron chi connectivity index (χ4n) is 4.30. The normalized spacial score (nSPS) is 21.3. The first-order valence-electron chi connectivity index (χ1n) is 11.4. The summed E-state index contributed by atoms with van der Waals surface area (Å²) in [5, 5.41) is 5.62. The summed E-state index contributed by atoms with van der Waals surface area (Å²) in [5.41, 5.74) is 3.18. The van der Waals surface area contributed by atoms with Crippen molar-refractivity contribution in [1.82, 2.24) is 14.3 Å². The van der Waals surface area contributed by atoms with Crippen LogP contribution in [0.15, 0.2) is 63.6 Å². The maximum absolute atomic E-state index is 14.4. The molecule has 2 heterocycles. The van der Waals surface area contributed by atoms with Crippen LogP contribution >= 0.6 is 27.3 Å². The van der Waals surface area contributed by atoms with E-state index in [1.165, 1.54) is 15.3 Å². The molecule has 1 aromatic carbocycles. The highest BCUT2D eigenvalue weighted by Crippen LogP contribution is 2.45. The molecule has 1 amide bonds. The van der Waals surface area contributed by atoms with Crippen LogP contribution < -0.4 is 5.32 Å². The fraction of sp³-hybridized carbons (Fsp3) is 0.360. The number of halogens is 1. The smallest absolute Gasteiger partial charge is 0.252 e. The summed E-state index contributed by atoms with van der Waals surface area (Å²) in [5.74, 6) is 0.291. The van der Waals surface area contributed by atoms with E-state index in [2.05, 4.69) is 26.2 Å². The van der Waals surface area contributed by atoms with Crippen LogP contribution in [0.2, 0.25) is 0 Å². The number of thiazole rings is 1. The van der Waals surface area contributed by atoms with Gasteiger partial charge in [0.1, 0.15) is 12.4 Å². The predicted molar refractivity (Wildman–Crippen MR) is 140 cm³/mol. The van der Waals surface area contributed by atoms with E-state index in [9.17, 15) is 13.2 Å². The van der Waals surface area contributed by atoms with Crippen molar-refractivity contribution >= 4 is 54.1 Å². The summed E-state index contributed by atoms with van der Waals surface area (Å²) in [6, 6.07) is 9.19. The number of rotatable bonds is 8. The van der Waals surface area contributed by atoms with Crippen LogP contribution in [0, 0.1) is 5.41 Å². The molecular weight excluding hydrogens is 550 g/mol. The van der Waals surface area contributed by atoms with Gasteiger partial charge in [-0.05, 0) is 60.3 Å². The molecule has 1 unspecified atom stereocenters. The first-order valence-corrected chi connectivity index (χ1v) is 14.5. The molecule has 0 bridgehead atoms. The number of amides is 1. The zero-order valence-corrected chi connectivity index (χ0v) is 22.7. The zero-order chi connectivity index (χ0) is 24.8. The summed E-state index contributed by atoms with van der Waals surface area (Å²) in [7, 11) is -4.03. The van der Waals surface area contributed by atoms with Gasteiger partial charge in [-0.15, -0.1) is 11.3 Å². The molecular formula is C25H26BrN3O4S2. The minimum Gasteiger partial charge on any atom is -0.489 e.